The van der Waals surface area contributed by atoms with Crippen molar-refractivity contribution in [1.82, 2.24) is 9.80 Å². The second-order valence-electron chi connectivity index (χ2n) is 8.22. The molecule has 0 saturated carbocycles. The van der Waals surface area contributed by atoms with Crippen molar-refractivity contribution >= 4 is 22.9 Å². The summed E-state index contributed by atoms with van der Waals surface area (Å²) in [4.78, 5) is 33.7. The predicted molar refractivity (Wildman–Crippen MR) is 126 cm³/mol. The maximum atomic E-state index is 13.9. The maximum absolute atomic E-state index is 13.9. The number of piperazine rings is 1. The van der Waals surface area contributed by atoms with E-state index in [-0.39, 0.29) is 11.6 Å². The van der Waals surface area contributed by atoms with Crippen LogP contribution in [-0.4, -0.2) is 54.2 Å². The third kappa shape index (κ3) is 3.39. The lowest BCUT2D eigenvalue weighted by atomic mass is 9.82. The average Bonchev–Trinajstić information content (AvgIpc) is 3.41. The van der Waals surface area contributed by atoms with Gasteiger partial charge in [-0.25, -0.2) is 0 Å². The Hall–Kier alpha value is -2.80. The molecule has 0 unspecified atom stereocenters. The van der Waals surface area contributed by atoms with Crippen molar-refractivity contribution < 1.29 is 14.3 Å². The third-order valence-corrected chi connectivity index (χ3v) is 7.30. The summed E-state index contributed by atoms with van der Waals surface area (Å²) in [6, 6.07) is 18.9. The molecule has 0 radical (unpaired) electrons. The van der Waals surface area contributed by atoms with Crippen LogP contribution in [0.1, 0.15) is 38.1 Å². The summed E-state index contributed by atoms with van der Waals surface area (Å²) in [5.41, 5.74) is 0.397. The smallest absolute Gasteiger partial charge is 0.196 e. The number of Topliss-reactive ketones (excluding diaryl/α,β-unsaturated/α-hetero) is 2. The fourth-order valence-corrected chi connectivity index (χ4v) is 5.69. The summed E-state index contributed by atoms with van der Waals surface area (Å²) in [5.74, 6) is 0.425. The van der Waals surface area contributed by atoms with Crippen molar-refractivity contribution in [2.24, 2.45) is 0 Å². The van der Waals surface area contributed by atoms with Crippen LogP contribution in [0, 0.1) is 0 Å². The summed E-state index contributed by atoms with van der Waals surface area (Å²) in [6.07, 6.45) is 0. The molecule has 1 fully saturated rings. The van der Waals surface area contributed by atoms with Gasteiger partial charge in [0.1, 0.15) is 5.75 Å². The minimum absolute atomic E-state index is 0.126. The van der Waals surface area contributed by atoms with E-state index in [0.717, 1.165) is 19.6 Å². The number of fused-ring (bicyclic) bond motifs is 1. The predicted octanol–water partition coefficient (Wildman–Crippen LogP) is 4.24. The molecule has 1 saturated heterocycles. The number of ether oxygens (including phenoxy) is 1. The number of carbonyl (C=O) groups is 2. The fraction of sp³-hybridized carbons (Fsp3) is 0.308. The number of benzene rings is 2. The van der Waals surface area contributed by atoms with Crippen LogP contribution in [0.5, 0.6) is 5.75 Å². The van der Waals surface area contributed by atoms with E-state index < -0.39 is 5.54 Å². The topological polar surface area (TPSA) is 49.9 Å². The lowest BCUT2D eigenvalue weighted by Crippen LogP contribution is -2.60. The van der Waals surface area contributed by atoms with Gasteiger partial charge in [0.25, 0.3) is 0 Å². The molecule has 5 nitrogen and oxygen atoms in total. The first-order chi connectivity index (χ1) is 15.6. The van der Waals surface area contributed by atoms with Crippen LogP contribution >= 0.6 is 11.3 Å². The molecular weight excluding hydrogens is 420 g/mol. The van der Waals surface area contributed by atoms with Gasteiger partial charge in [-0.1, -0.05) is 42.5 Å². The van der Waals surface area contributed by atoms with Crippen LogP contribution in [0.25, 0.3) is 0 Å². The van der Waals surface area contributed by atoms with E-state index in [0.29, 0.717) is 42.1 Å². The molecule has 1 aliphatic heterocycles. The molecule has 1 aromatic heterocycles. The summed E-state index contributed by atoms with van der Waals surface area (Å²) >= 11 is 1.76. The summed E-state index contributed by atoms with van der Waals surface area (Å²) in [6.45, 7) is 6.27. The number of carbonyl (C=O) groups excluding carboxylic acids is 2. The molecule has 5 rings (SSSR count). The molecule has 0 N–H and O–H groups in total. The average molecular weight is 447 g/mol. The van der Waals surface area contributed by atoms with Gasteiger partial charge in [0.05, 0.1) is 6.61 Å². The van der Waals surface area contributed by atoms with Gasteiger partial charge in [-0.15, -0.1) is 11.3 Å². The van der Waals surface area contributed by atoms with Crippen LogP contribution in [0.15, 0.2) is 66.0 Å². The minimum atomic E-state index is -1.33. The van der Waals surface area contributed by atoms with Crippen LogP contribution in [-0.2, 0) is 12.1 Å². The van der Waals surface area contributed by atoms with Gasteiger partial charge in [-0.05, 0) is 36.1 Å². The van der Waals surface area contributed by atoms with Gasteiger partial charge >= 0.3 is 0 Å². The minimum Gasteiger partial charge on any atom is -0.494 e. The highest BCUT2D eigenvalue weighted by atomic mass is 32.1. The van der Waals surface area contributed by atoms with E-state index in [2.05, 4.69) is 27.3 Å². The molecule has 0 amide bonds. The zero-order valence-corrected chi connectivity index (χ0v) is 18.9. The summed E-state index contributed by atoms with van der Waals surface area (Å²) in [5, 5.41) is 2.10. The van der Waals surface area contributed by atoms with Gasteiger partial charge in [0.15, 0.2) is 17.1 Å². The van der Waals surface area contributed by atoms with Crippen LogP contribution in [0.3, 0.4) is 0 Å². The first kappa shape index (κ1) is 21.1. The Bertz CT molecular complexity index is 1100. The second kappa shape index (κ2) is 8.62. The van der Waals surface area contributed by atoms with E-state index in [4.69, 9.17) is 4.74 Å². The Morgan fingerprint density at radius 3 is 2.25 bits per heavy atom. The summed E-state index contributed by atoms with van der Waals surface area (Å²) < 4.78 is 5.71. The lowest BCUT2D eigenvalue weighted by molar-refractivity contribution is 0.0280. The van der Waals surface area contributed by atoms with Crippen molar-refractivity contribution in [2.75, 3.05) is 32.8 Å². The number of rotatable bonds is 6. The van der Waals surface area contributed by atoms with Crippen molar-refractivity contribution in [2.45, 2.75) is 19.0 Å². The molecule has 0 bridgehead atoms. The van der Waals surface area contributed by atoms with Crippen molar-refractivity contribution in [3.63, 3.8) is 0 Å². The van der Waals surface area contributed by atoms with E-state index in [1.807, 2.05) is 43.3 Å². The number of thiophene rings is 1. The molecule has 1 aliphatic carbocycles. The highest BCUT2D eigenvalue weighted by molar-refractivity contribution is 7.09. The van der Waals surface area contributed by atoms with Crippen LogP contribution < -0.4 is 4.74 Å². The Kier molecular flexibility index (Phi) is 5.67. The third-order valence-electron chi connectivity index (χ3n) is 6.44. The Labute approximate surface area is 192 Å². The molecule has 32 heavy (non-hydrogen) atoms. The summed E-state index contributed by atoms with van der Waals surface area (Å²) in [7, 11) is 0. The standard InChI is InChI=1S/C26H26N2O3S/c1-2-31-20-8-5-7-19(17-20)26(24(29)22-10-3-4-11-23(22)25(26)30)28-14-12-27(13-15-28)18-21-9-6-16-32-21/h3-11,16-17H,2,12-15,18H2,1H3. The Morgan fingerprint density at radius 2 is 1.62 bits per heavy atom. The fourth-order valence-electron chi connectivity index (χ4n) is 4.95. The van der Waals surface area contributed by atoms with E-state index in [9.17, 15) is 9.59 Å². The highest BCUT2D eigenvalue weighted by Crippen LogP contribution is 2.43. The monoisotopic (exact) mass is 446 g/mol. The molecule has 164 valence electrons. The first-order valence-corrected chi connectivity index (χ1v) is 11.9. The van der Waals surface area contributed by atoms with Crippen molar-refractivity contribution in [3.8, 4) is 5.75 Å². The molecular formula is C26H26N2O3S. The van der Waals surface area contributed by atoms with Gasteiger partial charge in [0.2, 0.25) is 0 Å². The van der Waals surface area contributed by atoms with Crippen LogP contribution in [0.4, 0.5) is 0 Å². The quantitative estimate of drug-likeness (QED) is 0.530. The number of ketones is 2. The molecule has 2 aromatic carbocycles. The SMILES string of the molecule is CCOc1cccc(C2(N3CCN(Cc4cccs4)CC3)C(=O)c3ccccc3C2=O)c1. The molecule has 6 heteroatoms. The van der Waals surface area contributed by atoms with Gasteiger partial charge < -0.3 is 4.74 Å². The van der Waals surface area contributed by atoms with Crippen LogP contribution in [0.2, 0.25) is 0 Å². The van der Waals surface area contributed by atoms with Gasteiger partial charge in [-0.2, -0.15) is 0 Å². The lowest BCUT2D eigenvalue weighted by Gasteiger charge is -2.44. The molecule has 2 heterocycles. The number of nitrogens with zero attached hydrogens (tertiary/aromatic N) is 2. The van der Waals surface area contributed by atoms with Gasteiger partial charge in [0, 0.05) is 48.7 Å². The van der Waals surface area contributed by atoms with Gasteiger partial charge in [-0.3, -0.25) is 19.4 Å². The molecule has 0 atom stereocenters. The highest BCUT2D eigenvalue weighted by Gasteiger charge is 2.58. The molecule has 0 spiro atoms. The zero-order valence-electron chi connectivity index (χ0n) is 18.1. The first-order valence-electron chi connectivity index (χ1n) is 11.1. The second-order valence-corrected chi connectivity index (χ2v) is 9.25. The van der Waals surface area contributed by atoms with E-state index in [1.54, 1.807) is 23.5 Å². The number of hydrogen-bond acceptors (Lipinski definition) is 6. The van der Waals surface area contributed by atoms with E-state index in [1.165, 1.54) is 4.88 Å². The molecule has 2 aliphatic rings. The van der Waals surface area contributed by atoms with E-state index >= 15 is 0 Å². The Balaban J connectivity index is 1.51. The maximum Gasteiger partial charge on any atom is 0.196 e. The normalized spacial score (nSPS) is 18.7. The van der Waals surface area contributed by atoms with Crippen molar-refractivity contribution in [1.29, 1.82) is 0 Å². The largest absolute Gasteiger partial charge is 0.494 e. The van der Waals surface area contributed by atoms with Crippen molar-refractivity contribution in [3.05, 3.63) is 87.6 Å². The zero-order chi connectivity index (χ0) is 22.1. The molecule has 3 aromatic rings. The number of hydrogen-bond donors (Lipinski definition) is 0. The Morgan fingerprint density at radius 1 is 0.906 bits per heavy atom.